The minimum absolute atomic E-state index is 0.537. The van der Waals surface area contributed by atoms with Gasteiger partial charge >= 0.3 is 11.9 Å². The van der Waals surface area contributed by atoms with Gasteiger partial charge in [0.15, 0.2) is 0 Å². The number of rotatable bonds is 2. The number of carbonyl (C=O) groups is 2. The molecule has 0 aromatic rings. The highest BCUT2D eigenvalue weighted by molar-refractivity contribution is 5.78. The average molecular weight is 187 g/mol. The monoisotopic (exact) mass is 187 g/mol. The predicted molar refractivity (Wildman–Crippen MR) is 44.5 cm³/mol. The van der Waals surface area contributed by atoms with Gasteiger partial charge in [-0.15, -0.1) is 0 Å². The molecule has 2 atom stereocenters. The van der Waals surface area contributed by atoms with Crippen LogP contribution in [0.15, 0.2) is 0 Å². The van der Waals surface area contributed by atoms with E-state index in [2.05, 4.69) is 0 Å². The second-order valence-electron chi connectivity index (χ2n) is 3.30. The molecular weight excluding hydrogens is 174 g/mol. The van der Waals surface area contributed by atoms with Crippen molar-refractivity contribution in [1.29, 1.82) is 0 Å². The van der Waals surface area contributed by atoms with Crippen LogP contribution in [0.5, 0.6) is 0 Å². The summed E-state index contributed by atoms with van der Waals surface area (Å²) in [5.41, 5.74) is 0. The molecule has 74 valence electrons. The van der Waals surface area contributed by atoms with Gasteiger partial charge in [-0.3, -0.25) is 14.5 Å². The van der Waals surface area contributed by atoms with E-state index in [-0.39, 0.29) is 0 Å². The largest absolute Gasteiger partial charge is 0.480 e. The molecule has 0 aromatic carbocycles. The van der Waals surface area contributed by atoms with Crippen molar-refractivity contribution in [3.63, 3.8) is 0 Å². The molecule has 1 heterocycles. The summed E-state index contributed by atoms with van der Waals surface area (Å²) in [7, 11) is 1.55. The van der Waals surface area contributed by atoms with E-state index < -0.39 is 24.0 Å². The summed E-state index contributed by atoms with van der Waals surface area (Å²) in [6.45, 7) is 0. The maximum Gasteiger partial charge on any atom is 0.320 e. The van der Waals surface area contributed by atoms with Crippen molar-refractivity contribution in [3.05, 3.63) is 0 Å². The molecule has 1 rings (SSSR count). The fraction of sp³-hybridized carbons (Fsp3) is 0.750. The van der Waals surface area contributed by atoms with Gasteiger partial charge in [-0.25, -0.2) is 0 Å². The van der Waals surface area contributed by atoms with Crippen molar-refractivity contribution in [1.82, 2.24) is 4.90 Å². The lowest BCUT2D eigenvalue weighted by Gasteiger charge is -2.34. The van der Waals surface area contributed by atoms with Crippen LogP contribution in [0.3, 0.4) is 0 Å². The molecular formula is C8H13NO4. The highest BCUT2D eigenvalue weighted by atomic mass is 16.4. The first-order valence-corrected chi connectivity index (χ1v) is 4.21. The third-order valence-electron chi connectivity index (χ3n) is 2.51. The maximum atomic E-state index is 10.7. The molecule has 0 radical (unpaired) electrons. The number of carboxylic acids is 2. The summed E-state index contributed by atoms with van der Waals surface area (Å²) in [6.07, 6.45) is 1.74. The van der Waals surface area contributed by atoms with Crippen molar-refractivity contribution < 1.29 is 19.8 Å². The Morgan fingerprint density at radius 2 is 1.54 bits per heavy atom. The molecule has 1 fully saturated rings. The molecule has 0 bridgehead atoms. The second kappa shape index (κ2) is 3.74. The highest BCUT2D eigenvalue weighted by Gasteiger charge is 2.35. The smallest absolute Gasteiger partial charge is 0.320 e. The van der Waals surface area contributed by atoms with Crippen LogP contribution < -0.4 is 0 Å². The van der Waals surface area contributed by atoms with Crippen LogP contribution in [0.2, 0.25) is 0 Å². The van der Waals surface area contributed by atoms with Crippen LogP contribution in [-0.4, -0.2) is 46.2 Å². The van der Waals surface area contributed by atoms with Crippen molar-refractivity contribution in [2.75, 3.05) is 7.05 Å². The van der Waals surface area contributed by atoms with E-state index in [1.807, 2.05) is 0 Å². The number of aliphatic carboxylic acids is 2. The molecule has 0 spiro atoms. The third-order valence-corrected chi connectivity index (χ3v) is 2.51. The molecule has 0 saturated carbocycles. The Morgan fingerprint density at radius 1 is 1.15 bits per heavy atom. The molecule has 2 N–H and O–H groups in total. The number of piperidine rings is 1. The second-order valence-corrected chi connectivity index (χ2v) is 3.30. The lowest BCUT2D eigenvalue weighted by molar-refractivity contribution is -0.152. The Morgan fingerprint density at radius 3 is 1.85 bits per heavy atom. The van der Waals surface area contributed by atoms with Crippen molar-refractivity contribution in [2.24, 2.45) is 0 Å². The summed E-state index contributed by atoms with van der Waals surface area (Å²) < 4.78 is 0. The molecule has 1 saturated heterocycles. The Hall–Kier alpha value is -1.10. The lowest BCUT2D eigenvalue weighted by atomic mass is 9.96. The van der Waals surface area contributed by atoms with E-state index in [1.165, 1.54) is 4.90 Å². The SMILES string of the molecule is CN1[C@H](C(=O)O)CCC[C@H]1C(=O)O. The first kappa shape index (κ1) is 9.98. The van der Waals surface area contributed by atoms with E-state index in [0.29, 0.717) is 19.3 Å². The van der Waals surface area contributed by atoms with Gasteiger partial charge in [0.05, 0.1) is 0 Å². The molecule has 0 aliphatic carbocycles. The zero-order valence-electron chi connectivity index (χ0n) is 7.43. The molecule has 1 aliphatic rings. The Balaban J connectivity index is 2.71. The van der Waals surface area contributed by atoms with Crippen LogP contribution in [0, 0.1) is 0 Å². The summed E-state index contributed by atoms with van der Waals surface area (Å²) in [4.78, 5) is 22.8. The third kappa shape index (κ3) is 1.98. The van der Waals surface area contributed by atoms with Gasteiger partial charge < -0.3 is 10.2 Å². The number of likely N-dealkylation sites (N-methyl/N-ethyl adjacent to an activating group) is 1. The highest BCUT2D eigenvalue weighted by Crippen LogP contribution is 2.21. The quantitative estimate of drug-likeness (QED) is 0.636. The number of likely N-dealkylation sites (tertiary alicyclic amines) is 1. The Bertz CT molecular complexity index is 206. The van der Waals surface area contributed by atoms with Crippen LogP contribution in [0.1, 0.15) is 19.3 Å². The predicted octanol–water partition coefficient (Wildman–Crippen LogP) is 0.00850. The van der Waals surface area contributed by atoms with Crippen LogP contribution >= 0.6 is 0 Å². The fourth-order valence-corrected chi connectivity index (χ4v) is 1.72. The summed E-state index contributed by atoms with van der Waals surface area (Å²) >= 11 is 0. The van der Waals surface area contributed by atoms with Gasteiger partial charge in [0.2, 0.25) is 0 Å². The van der Waals surface area contributed by atoms with E-state index in [0.717, 1.165) is 0 Å². The summed E-state index contributed by atoms with van der Waals surface area (Å²) in [5.74, 6) is -1.87. The van der Waals surface area contributed by atoms with Gasteiger partial charge in [0, 0.05) is 0 Å². The van der Waals surface area contributed by atoms with Crippen LogP contribution in [-0.2, 0) is 9.59 Å². The number of nitrogens with zero attached hydrogens (tertiary/aromatic N) is 1. The average Bonchev–Trinajstić information content (AvgIpc) is 2.03. The van der Waals surface area contributed by atoms with Crippen molar-refractivity contribution in [3.8, 4) is 0 Å². The Kier molecular flexibility index (Phi) is 2.87. The van der Waals surface area contributed by atoms with Gasteiger partial charge in [-0.05, 0) is 26.3 Å². The van der Waals surface area contributed by atoms with Crippen LogP contribution in [0.25, 0.3) is 0 Å². The summed E-state index contributed by atoms with van der Waals surface area (Å²) in [6, 6.07) is -1.29. The number of carboxylic acid groups (broad SMARTS) is 2. The first-order valence-electron chi connectivity index (χ1n) is 4.21. The van der Waals surface area contributed by atoms with Gasteiger partial charge in [0.25, 0.3) is 0 Å². The van der Waals surface area contributed by atoms with E-state index >= 15 is 0 Å². The van der Waals surface area contributed by atoms with Crippen molar-refractivity contribution >= 4 is 11.9 Å². The van der Waals surface area contributed by atoms with Gasteiger partial charge in [-0.1, -0.05) is 0 Å². The first-order chi connectivity index (χ1) is 6.04. The molecule has 5 nitrogen and oxygen atoms in total. The number of hydrogen-bond donors (Lipinski definition) is 2. The van der Waals surface area contributed by atoms with Crippen LogP contribution in [0.4, 0.5) is 0 Å². The van der Waals surface area contributed by atoms with E-state index in [1.54, 1.807) is 7.05 Å². The molecule has 0 amide bonds. The van der Waals surface area contributed by atoms with E-state index in [9.17, 15) is 9.59 Å². The normalized spacial score (nSPS) is 29.9. The number of hydrogen-bond acceptors (Lipinski definition) is 3. The fourth-order valence-electron chi connectivity index (χ4n) is 1.72. The molecule has 0 unspecified atom stereocenters. The minimum Gasteiger partial charge on any atom is -0.480 e. The maximum absolute atomic E-state index is 10.7. The lowest BCUT2D eigenvalue weighted by Crippen LogP contribution is -2.51. The standard InChI is InChI=1S/C8H13NO4/c1-9-5(7(10)11)3-2-4-6(9)8(12)13/h5-6H,2-4H2,1H3,(H,10,11)(H,12,13)/t5-,6-/m0/s1. The van der Waals surface area contributed by atoms with E-state index in [4.69, 9.17) is 10.2 Å². The summed E-state index contributed by atoms with van der Waals surface area (Å²) in [5, 5.41) is 17.5. The molecule has 1 aliphatic heterocycles. The zero-order chi connectivity index (χ0) is 10.0. The molecule has 5 heteroatoms. The molecule has 13 heavy (non-hydrogen) atoms. The van der Waals surface area contributed by atoms with Gasteiger partial charge in [0.1, 0.15) is 12.1 Å². The van der Waals surface area contributed by atoms with Gasteiger partial charge in [-0.2, -0.15) is 0 Å². The minimum atomic E-state index is -0.937. The van der Waals surface area contributed by atoms with Crippen molar-refractivity contribution in [2.45, 2.75) is 31.3 Å². The Labute approximate surface area is 76.0 Å². The zero-order valence-corrected chi connectivity index (χ0v) is 7.43. The topological polar surface area (TPSA) is 77.8 Å². The molecule has 0 aromatic heterocycles.